The molecule has 1 aliphatic heterocycles. The maximum atomic E-state index is 5.81. The molecule has 6 heteroatoms. The number of H-pyrrole nitrogens is 1. The number of aromatic nitrogens is 2. The van der Waals surface area contributed by atoms with Crippen LogP contribution in [0, 0.1) is 0 Å². The predicted octanol–water partition coefficient (Wildman–Crippen LogP) is 2.61. The van der Waals surface area contributed by atoms with Gasteiger partial charge in [0.2, 0.25) is 0 Å². The third-order valence-electron chi connectivity index (χ3n) is 4.32. The van der Waals surface area contributed by atoms with Gasteiger partial charge in [0.1, 0.15) is 11.5 Å². The first kappa shape index (κ1) is 16.8. The molecule has 3 rings (SSSR count). The zero-order valence-corrected chi connectivity index (χ0v) is 14.3. The number of aromatic amines is 1. The summed E-state index contributed by atoms with van der Waals surface area (Å²) >= 11 is 0. The third kappa shape index (κ3) is 4.27. The van der Waals surface area contributed by atoms with Gasteiger partial charge < -0.3 is 19.2 Å². The van der Waals surface area contributed by atoms with Crippen LogP contribution in [0.2, 0.25) is 0 Å². The molecule has 24 heavy (non-hydrogen) atoms. The van der Waals surface area contributed by atoms with E-state index in [1.807, 2.05) is 18.3 Å². The summed E-state index contributed by atoms with van der Waals surface area (Å²) < 4.78 is 16.6. The lowest BCUT2D eigenvalue weighted by molar-refractivity contribution is 0.0672. The fraction of sp³-hybridized carbons (Fsp3) is 0.500. The average molecular weight is 331 g/mol. The second-order valence-electron chi connectivity index (χ2n) is 6.06. The van der Waals surface area contributed by atoms with Crippen molar-refractivity contribution >= 4 is 0 Å². The van der Waals surface area contributed by atoms with E-state index < -0.39 is 0 Å². The normalized spacial score (nSPS) is 17.4. The number of rotatable bonds is 8. The minimum Gasteiger partial charge on any atom is -0.497 e. The number of imidazole rings is 1. The molecular weight excluding hydrogens is 306 g/mol. The average Bonchev–Trinajstić information content (AvgIpc) is 3.29. The van der Waals surface area contributed by atoms with Gasteiger partial charge in [-0.05, 0) is 18.9 Å². The van der Waals surface area contributed by atoms with E-state index in [0.29, 0.717) is 6.10 Å². The molecule has 1 saturated heterocycles. The molecule has 0 amide bonds. The first-order valence-corrected chi connectivity index (χ1v) is 8.30. The second kappa shape index (κ2) is 8.17. The van der Waals surface area contributed by atoms with Gasteiger partial charge in [-0.2, -0.15) is 0 Å². The van der Waals surface area contributed by atoms with Crippen molar-refractivity contribution in [2.45, 2.75) is 32.0 Å². The molecule has 1 aromatic carbocycles. The van der Waals surface area contributed by atoms with Gasteiger partial charge in [-0.25, -0.2) is 4.98 Å². The van der Waals surface area contributed by atoms with Crippen LogP contribution in [0.5, 0.6) is 11.5 Å². The van der Waals surface area contributed by atoms with E-state index in [4.69, 9.17) is 14.2 Å². The molecular formula is C18H25N3O3. The Bertz CT molecular complexity index is 624. The van der Waals surface area contributed by atoms with Crippen molar-refractivity contribution < 1.29 is 14.2 Å². The highest BCUT2D eigenvalue weighted by Crippen LogP contribution is 2.26. The molecule has 0 saturated carbocycles. The summed E-state index contributed by atoms with van der Waals surface area (Å²) in [7, 11) is 3.36. The van der Waals surface area contributed by atoms with Crippen molar-refractivity contribution in [1.82, 2.24) is 14.9 Å². The van der Waals surface area contributed by atoms with E-state index in [0.717, 1.165) is 61.8 Å². The van der Waals surface area contributed by atoms with E-state index in [1.54, 1.807) is 20.5 Å². The van der Waals surface area contributed by atoms with E-state index in [1.165, 1.54) is 0 Å². The first-order valence-electron chi connectivity index (χ1n) is 8.30. The number of nitrogens with zero attached hydrogens (tertiary/aromatic N) is 2. The van der Waals surface area contributed by atoms with E-state index in [-0.39, 0.29) is 0 Å². The quantitative estimate of drug-likeness (QED) is 0.806. The topological polar surface area (TPSA) is 59.6 Å². The molecule has 1 unspecified atom stereocenters. The Morgan fingerprint density at radius 2 is 2.21 bits per heavy atom. The van der Waals surface area contributed by atoms with Gasteiger partial charge in [-0.1, -0.05) is 6.07 Å². The first-order chi connectivity index (χ1) is 11.8. The fourth-order valence-electron chi connectivity index (χ4n) is 3.10. The summed E-state index contributed by atoms with van der Waals surface area (Å²) in [6.07, 6.45) is 6.16. The minimum atomic E-state index is 0.303. The molecule has 0 spiro atoms. The summed E-state index contributed by atoms with van der Waals surface area (Å²) in [6.45, 7) is 3.35. The summed E-state index contributed by atoms with van der Waals surface area (Å²) in [5.74, 6) is 1.64. The number of hydrogen-bond donors (Lipinski definition) is 1. The van der Waals surface area contributed by atoms with Crippen LogP contribution in [0.4, 0.5) is 0 Å². The Kier molecular flexibility index (Phi) is 5.72. The molecule has 130 valence electrons. The lowest BCUT2D eigenvalue weighted by Gasteiger charge is -2.25. The van der Waals surface area contributed by atoms with Gasteiger partial charge in [0.25, 0.3) is 0 Å². The van der Waals surface area contributed by atoms with Crippen LogP contribution >= 0.6 is 0 Å². The molecule has 1 aliphatic rings. The van der Waals surface area contributed by atoms with E-state index >= 15 is 0 Å². The van der Waals surface area contributed by atoms with Gasteiger partial charge >= 0.3 is 0 Å². The zero-order valence-electron chi connectivity index (χ0n) is 14.3. The Morgan fingerprint density at radius 3 is 2.88 bits per heavy atom. The maximum Gasteiger partial charge on any atom is 0.127 e. The largest absolute Gasteiger partial charge is 0.497 e. The smallest absolute Gasteiger partial charge is 0.127 e. The number of hydrogen-bond acceptors (Lipinski definition) is 5. The predicted molar refractivity (Wildman–Crippen MR) is 91.2 cm³/mol. The fourth-order valence-corrected chi connectivity index (χ4v) is 3.10. The lowest BCUT2D eigenvalue weighted by atomic mass is 10.1. The van der Waals surface area contributed by atoms with E-state index in [2.05, 4.69) is 20.9 Å². The monoisotopic (exact) mass is 331 g/mol. The summed E-state index contributed by atoms with van der Waals surface area (Å²) in [6, 6.07) is 5.96. The second-order valence-corrected chi connectivity index (χ2v) is 6.06. The van der Waals surface area contributed by atoms with Crippen LogP contribution in [0.15, 0.2) is 30.7 Å². The number of ether oxygens (including phenoxy) is 3. The Labute approximate surface area is 142 Å². The third-order valence-corrected chi connectivity index (χ3v) is 4.32. The van der Waals surface area contributed by atoms with Crippen LogP contribution in [0.1, 0.15) is 24.1 Å². The van der Waals surface area contributed by atoms with E-state index in [9.17, 15) is 0 Å². The molecule has 1 N–H and O–H groups in total. The van der Waals surface area contributed by atoms with Crippen LogP contribution in [0.25, 0.3) is 0 Å². The van der Waals surface area contributed by atoms with Crippen LogP contribution in [-0.2, 0) is 17.8 Å². The van der Waals surface area contributed by atoms with Crippen LogP contribution in [0.3, 0.4) is 0 Å². The van der Waals surface area contributed by atoms with Crippen molar-refractivity contribution in [2.24, 2.45) is 0 Å². The molecule has 0 aliphatic carbocycles. The highest BCUT2D eigenvalue weighted by Gasteiger charge is 2.21. The minimum absolute atomic E-state index is 0.303. The summed E-state index contributed by atoms with van der Waals surface area (Å²) in [4.78, 5) is 9.66. The maximum absolute atomic E-state index is 5.81. The van der Waals surface area contributed by atoms with Gasteiger partial charge in [-0.3, -0.25) is 4.90 Å². The van der Waals surface area contributed by atoms with Gasteiger partial charge in [0.15, 0.2) is 0 Å². The van der Waals surface area contributed by atoms with Crippen molar-refractivity contribution in [3.05, 3.63) is 42.0 Å². The Hall–Kier alpha value is -2.05. The summed E-state index contributed by atoms with van der Waals surface area (Å²) in [5.41, 5.74) is 2.23. The number of methoxy groups -OCH3 is 2. The molecule has 1 aromatic heterocycles. The van der Waals surface area contributed by atoms with Gasteiger partial charge in [0.05, 0.1) is 26.7 Å². The molecule has 6 nitrogen and oxygen atoms in total. The van der Waals surface area contributed by atoms with Gasteiger partial charge in [-0.15, -0.1) is 0 Å². The van der Waals surface area contributed by atoms with Gasteiger partial charge in [0, 0.05) is 49.8 Å². The Morgan fingerprint density at radius 1 is 1.29 bits per heavy atom. The molecule has 2 heterocycles. The van der Waals surface area contributed by atoms with Crippen molar-refractivity contribution in [1.29, 1.82) is 0 Å². The van der Waals surface area contributed by atoms with Crippen molar-refractivity contribution in [3.8, 4) is 11.5 Å². The highest BCUT2D eigenvalue weighted by atomic mass is 16.5. The summed E-state index contributed by atoms with van der Waals surface area (Å²) in [5, 5.41) is 0. The molecule has 0 radical (unpaired) electrons. The highest BCUT2D eigenvalue weighted by molar-refractivity contribution is 5.40. The zero-order chi connectivity index (χ0) is 16.8. The molecule has 1 fully saturated rings. The molecule has 0 bridgehead atoms. The number of nitrogens with one attached hydrogen (secondary N) is 1. The molecule has 2 aromatic rings. The number of benzene rings is 1. The standard InChI is InChI=1S/C18H25N3O3/c1-22-16-6-5-14(18(8-16)23-2)10-21(11-15-9-19-13-20-15)12-17-4-3-7-24-17/h5-6,8-9,13,17H,3-4,7,10-12H2,1-2H3,(H,19,20). The SMILES string of the molecule is COc1ccc(CN(Cc2cnc[nH]2)CC2CCCO2)c(OC)c1. The van der Waals surface area contributed by atoms with Crippen molar-refractivity contribution in [2.75, 3.05) is 27.4 Å². The molecule has 1 atom stereocenters. The van der Waals surface area contributed by atoms with Crippen LogP contribution in [-0.4, -0.2) is 48.3 Å². The van der Waals surface area contributed by atoms with Crippen LogP contribution < -0.4 is 9.47 Å². The lowest BCUT2D eigenvalue weighted by Crippen LogP contribution is -2.31. The van der Waals surface area contributed by atoms with Crippen molar-refractivity contribution in [3.63, 3.8) is 0 Å². The Balaban J connectivity index is 1.74.